The van der Waals surface area contributed by atoms with Gasteiger partial charge in [0.1, 0.15) is 12.4 Å². The molecule has 0 atom stereocenters. The molecular weight excluding hydrogens is 210 g/mol. The van der Waals surface area contributed by atoms with E-state index in [1.54, 1.807) is 6.08 Å². The molecule has 0 saturated carbocycles. The van der Waals surface area contributed by atoms with Gasteiger partial charge >= 0.3 is 0 Å². The molecule has 0 aliphatic rings. The van der Waals surface area contributed by atoms with E-state index in [1.807, 2.05) is 18.2 Å². The summed E-state index contributed by atoms with van der Waals surface area (Å²) in [5.41, 5.74) is 6.86. The summed E-state index contributed by atoms with van der Waals surface area (Å²) in [6.45, 7) is 4.81. The molecule has 0 unspecified atom stereocenters. The first-order chi connectivity index (χ1) is 8.36. The molecule has 0 radical (unpaired) electrons. The number of rotatable bonds is 5. The second kappa shape index (κ2) is 5.51. The van der Waals surface area contributed by atoms with E-state index in [0.29, 0.717) is 13.2 Å². The summed E-state index contributed by atoms with van der Waals surface area (Å²) in [5.74, 6) is 0.911. The van der Waals surface area contributed by atoms with Crippen LogP contribution in [0, 0.1) is 0 Å². The molecule has 17 heavy (non-hydrogen) atoms. The van der Waals surface area contributed by atoms with Crippen LogP contribution in [-0.2, 0) is 6.42 Å². The highest BCUT2D eigenvalue weighted by Gasteiger charge is 2.07. The van der Waals surface area contributed by atoms with Crippen LogP contribution in [0.4, 0.5) is 0 Å². The maximum Gasteiger partial charge on any atom is 0.123 e. The zero-order valence-corrected chi connectivity index (χ0v) is 9.86. The Kier molecular flexibility index (Phi) is 3.78. The van der Waals surface area contributed by atoms with Gasteiger partial charge in [0.25, 0.3) is 0 Å². The summed E-state index contributed by atoms with van der Waals surface area (Å²) < 4.78 is 5.67. The minimum Gasteiger partial charge on any atom is -0.489 e. The molecule has 88 valence electrons. The Hall–Kier alpha value is -1.80. The number of ether oxygens (including phenoxy) is 1. The fourth-order valence-corrected chi connectivity index (χ4v) is 2.00. The molecule has 2 nitrogen and oxygen atoms in total. The second-order valence-electron chi connectivity index (χ2n) is 3.90. The van der Waals surface area contributed by atoms with Gasteiger partial charge in [0, 0.05) is 5.56 Å². The van der Waals surface area contributed by atoms with Crippen LogP contribution in [0.2, 0.25) is 0 Å². The van der Waals surface area contributed by atoms with Gasteiger partial charge in [0.15, 0.2) is 0 Å². The van der Waals surface area contributed by atoms with Crippen molar-refractivity contribution in [2.24, 2.45) is 5.73 Å². The first-order valence-electron chi connectivity index (χ1n) is 5.81. The van der Waals surface area contributed by atoms with Gasteiger partial charge in [-0.15, -0.1) is 0 Å². The molecule has 2 aromatic carbocycles. The molecule has 0 aromatic heterocycles. The third-order valence-corrected chi connectivity index (χ3v) is 2.75. The molecule has 2 rings (SSSR count). The monoisotopic (exact) mass is 227 g/mol. The number of benzene rings is 2. The minimum absolute atomic E-state index is 0.524. The topological polar surface area (TPSA) is 35.2 Å². The lowest BCUT2D eigenvalue weighted by Gasteiger charge is -2.12. The Bertz CT molecular complexity index is 519. The summed E-state index contributed by atoms with van der Waals surface area (Å²) in [6.07, 6.45) is 2.58. The van der Waals surface area contributed by atoms with E-state index in [0.717, 1.165) is 12.2 Å². The number of hydrogen-bond acceptors (Lipinski definition) is 2. The maximum atomic E-state index is 5.67. The zero-order chi connectivity index (χ0) is 12.1. The highest BCUT2D eigenvalue weighted by Crippen LogP contribution is 2.28. The second-order valence-corrected chi connectivity index (χ2v) is 3.90. The van der Waals surface area contributed by atoms with E-state index < -0.39 is 0 Å². The van der Waals surface area contributed by atoms with Gasteiger partial charge in [-0.1, -0.05) is 43.0 Å². The van der Waals surface area contributed by atoms with Crippen molar-refractivity contribution in [3.63, 3.8) is 0 Å². The van der Waals surface area contributed by atoms with Crippen molar-refractivity contribution in [3.8, 4) is 5.75 Å². The molecule has 0 spiro atoms. The lowest BCUT2D eigenvalue weighted by atomic mass is 10.0. The quantitative estimate of drug-likeness (QED) is 0.797. The molecule has 2 aromatic rings. The highest BCUT2D eigenvalue weighted by atomic mass is 16.5. The SMILES string of the molecule is C=CCOc1ccc2ccccc2c1CCN. The van der Waals surface area contributed by atoms with Crippen molar-refractivity contribution in [1.29, 1.82) is 0 Å². The van der Waals surface area contributed by atoms with E-state index in [9.17, 15) is 0 Å². The van der Waals surface area contributed by atoms with Gasteiger partial charge in [-0.3, -0.25) is 0 Å². The molecule has 0 bridgehead atoms. The van der Waals surface area contributed by atoms with Gasteiger partial charge < -0.3 is 10.5 Å². The molecule has 0 fully saturated rings. The van der Waals surface area contributed by atoms with Crippen LogP contribution in [0.15, 0.2) is 49.1 Å². The van der Waals surface area contributed by atoms with E-state index in [-0.39, 0.29) is 0 Å². The summed E-state index contributed by atoms with van der Waals surface area (Å²) in [5, 5.41) is 2.45. The predicted molar refractivity (Wildman–Crippen MR) is 72.4 cm³/mol. The van der Waals surface area contributed by atoms with Gasteiger partial charge in [-0.25, -0.2) is 0 Å². The molecule has 0 amide bonds. The fourth-order valence-electron chi connectivity index (χ4n) is 2.00. The molecule has 0 aliphatic heterocycles. The molecule has 0 aliphatic carbocycles. The van der Waals surface area contributed by atoms with Crippen molar-refractivity contribution < 1.29 is 4.74 Å². The van der Waals surface area contributed by atoms with E-state index >= 15 is 0 Å². The summed E-state index contributed by atoms with van der Waals surface area (Å²) in [6, 6.07) is 12.4. The van der Waals surface area contributed by atoms with Crippen LogP contribution < -0.4 is 10.5 Å². The molecular formula is C15H17NO. The predicted octanol–water partition coefficient (Wildman–Crippen LogP) is 2.91. The zero-order valence-electron chi connectivity index (χ0n) is 9.86. The fraction of sp³-hybridized carbons (Fsp3) is 0.200. The van der Waals surface area contributed by atoms with E-state index in [4.69, 9.17) is 10.5 Å². The largest absolute Gasteiger partial charge is 0.489 e. The van der Waals surface area contributed by atoms with Crippen molar-refractivity contribution in [3.05, 3.63) is 54.6 Å². The van der Waals surface area contributed by atoms with Crippen molar-refractivity contribution >= 4 is 10.8 Å². The number of nitrogens with two attached hydrogens (primary N) is 1. The van der Waals surface area contributed by atoms with Crippen LogP contribution in [0.1, 0.15) is 5.56 Å². The lowest BCUT2D eigenvalue weighted by Crippen LogP contribution is -2.06. The van der Waals surface area contributed by atoms with Crippen LogP contribution in [0.3, 0.4) is 0 Å². The maximum absolute atomic E-state index is 5.67. The molecule has 2 N–H and O–H groups in total. The van der Waals surface area contributed by atoms with Gasteiger partial charge in [-0.05, 0) is 29.8 Å². The van der Waals surface area contributed by atoms with Crippen molar-refractivity contribution in [2.45, 2.75) is 6.42 Å². The van der Waals surface area contributed by atoms with Gasteiger partial charge in [0.2, 0.25) is 0 Å². The molecule has 0 saturated heterocycles. The van der Waals surface area contributed by atoms with Gasteiger partial charge in [-0.2, -0.15) is 0 Å². The number of fused-ring (bicyclic) bond motifs is 1. The Morgan fingerprint density at radius 2 is 2.00 bits per heavy atom. The van der Waals surface area contributed by atoms with Crippen LogP contribution in [0.5, 0.6) is 5.75 Å². The van der Waals surface area contributed by atoms with Crippen LogP contribution >= 0.6 is 0 Å². The summed E-state index contributed by atoms with van der Waals surface area (Å²) in [7, 11) is 0. The standard InChI is InChI=1S/C15H17NO/c1-2-11-17-15-8-7-12-5-3-4-6-13(12)14(15)9-10-16/h2-8H,1,9-11,16H2. The minimum atomic E-state index is 0.524. The lowest BCUT2D eigenvalue weighted by molar-refractivity contribution is 0.360. The molecule has 0 heterocycles. The summed E-state index contributed by atoms with van der Waals surface area (Å²) >= 11 is 0. The Labute approximate surface area is 102 Å². The summed E-state index contributed by atoms with van der Waals surface area (Å²) in [4.78, 5) is 0. The Balaban J connectivity index is 2.51. The van der Waals surface area contributed by atoms with Crippen LogP contribution in [0.25, 0.3) is 10.8 Å². The average molecular weight is 227 g/mol. The Morgan fingerprint density at radius 3 is 2.76 bits per heavy atom. The van der Waals surface area contributed by atoms with Crippen LogP contribution in [-0.4, -0.2) is 13.2 Å². The van der Waals surface area contributed by atoms with Crippen molar-refractivity contribution in [2.75, 3.05) is 13.2 Å². The Morgan fingerprint density at radius 1 is 1.18 bits per heavy atom. The smallest absolute Gasteiger partial charge is 0.123 e. The van der Waals surface area contributed by atoms with Gasteiger partial charge in [0.05, 0.1) is 0 Å². The average Bonchev–Trinajstić information content (AvgIpc) is 2.38. The normalized spacial score (nSPS) is 10.4. The third-order valence-electron chi connectivity index (χ3n) is 2.75. The van der Waals surface area contributed by atoms with Crippen molar-refractivity contribution in [1.82, 2.24) is 0 Å². The van der Waals surface area contributed by atoms with E-state index in [2.05, 4.69) is 24.8 Å². The third kappa shape index (κ3) is 2.48. The highest BCUT2D eigenvalue weighted by molar-refractivity contribution is 5.87. The first kappa shape index (κ1) is 11.7. The number of hydrogen-bond donors (Lipinski definition) is 1. The van der Waals surface area contributed by atoms with E-state index in [1.165, 1.54) is 16.3 Å². The first-order valence-corrected chi connectivity index (χ1v) is 5.81. The molecule has 2 heteroatoms.